The molecule has 2 atom stereocenters. The van der Waals surface area contributed by atoms with E-state index in [1.54, 1.807) is 6.20 Å². The number of nitrogens with one attached hydrogen (secondary N) is 2. The summed E-state index contributed by atoms with van der Waals surface area (Å²) in [6.07, 6.45) is 4.30. The van der Waals surface area contributed by atoms with Gasteiger partial charge in [0.2, 0.25) is 11.8 Å². The number of carbonyl (C=O) groups excluding carboxylic acids is 2. The average Bonchev–Trinajstić information content (AvgIpc) is 3.56. The Morgan fingerprint density at radius 1 is 0.860 bits per heavy atom. The number of carboxylic acids is 1. The minimum Gasteiger partial charge on any atom is -0.480 e. The number of nitrogens with zero attached hydrogens (tertiary/aromatic N) is 2. The Morgan fingerprint density at radius 3 is 1.81 bits per heavy atom. The molecule has 3 aromatic carbocycles. The maximum atomic E-state index is 15.1. The van der Waals surface area contributed by atoms with E-state index in [4.69, 9.17) is 11.5 Å². The Bertz CT molecular complexity index is 1350. The maximum absolute atomic E-state index is 15.1. The molecule has 0 unspecified atom stereocenters. The topological polar surface area (TPSA) is 167 Å². The minimum absolute atomic E-state index is 0.0463. The number of imidazole rings is 1. The van der Waals surface area contributed by atoms with Crippen LogP contribution in [0.5, 0.6) is 0 Å². The van der Waals surface area contributed by atoms with Gasteiger partial charge in [0.05, 0.1) is 12.9 Å². The number of nitrogens with two attached hydrogens (primary N) is 2. The smallest absolute Gasteiger partial charge is 0.326 e. The van der Waals surface area contributed by atoms with Crippen LogP contribution in [0.4, 0.5) is 0 Å². The van der Waals surface area contributed by atoms with Crippen LogP contribution in [0.2, 0.25) is 0 Å². The molecule has 0 saturated carbocycles. The number of hydrogen-bond donors (Lipinski definition) is 5. The third kappa shape index (κ3) is 6.99. The van der Waals surface area contributed by atoms with E-state index in [2.05, 4.69) is 15.3 Å². The number of aromatic amines is 1. The van der Waals surface area contributed by atoms with E-state index in [1.165, 1.54) is 11.2 Å². The van der Waals surface area contributed by atoms with E-state index in [0.29, 0.717) is 41.8 Å². The lowest BCUT2D eigenvalue weighted by Crippen LogP contribution is -2.63. The van der Waals surface area contributed by atoms with Crippen LogP contribution in [0, 0.1) is 0 Å². The third-order valence-corrected chi connectivity index (χ3v) is 7.50. The van der Waals surface area contributed by atoms with Crippen LogP contribution in [0.15, 0.2) is 104 Å². The largest absolute Gasteiger partial charge is 0.480 e. The molecule has 2 amide bonds. The third-order valence-electron chi connectivity index (χ3n) is 7.50. The molecule has 7 N–H and O–H groups in total. The highest BCUT2D eigenvalue weighted by atomic mass is 16.4. The van der Waals surface area contributed by atoms with Crippen molar-refractivity contribution in [2.45, 2.75) is 43.3 Å². The van der Waals surface area contributed by atoms with Crippen molar-refractivity contribution in [3.05, 3.63) is 126 Å². The lowest BCUT2D eigenvalue weighted by Gasteiger charge is -2.49. The fourth-order valence-electron chi connectivity index (χ4n) is 5.59. The molecule has 224 valence electrons. The molecule has 10 nitrogen and oxygen atoms in total. The fourth-order valence-corrected chi connectivity index (χ4v) is 5.59. The summed E-state index contributed by atoms with van der Waals surface area (Å²) >= 11 is 0. The highest BCUT2D eigenvalue weighted by molar-refractivity contribution is 5.92. The minimum atomic E-state index is -1.40. The Morgan fingerprint density at radius 2 is 1.40 bits per heavy atom. The van der Waals surface area contributed by atoms with Crippen LogP contribution in [0.1, 0.15) is 41.6 Å². The quantitative estimate of drug-likeness (QED) is 0.106. The molecule has 4 rings (SSSR count). The number of rotatable bonds is 15. The highest BCUT2D eigenvalue weighted by Crippen LogP contribution is 2.44. The predicted octanol–water partition coefficient (Wildman–Crippen LogP) is 2.80. The summed E-state index contributed by atoms with van der Waals surface area (Å²) in [5, 5.41) is 13.6. The summed E-state index contributed by atoms with van der Waals surface area (Å²) in [4.78, 5) is 49.5. The molecule has 0 fully saturated rings. The van der Waals surface area contributed by atoms with Gasteiger partial charge >= 0.3 is 5.97 Å². The van der Waals surface area contributed by atoms with Gasteiger partial charge in [0.25, 0.3) is 0 Å². The van der Waals surface area contributed by atoms with Crippen molar-refractivity contribution in [2.24, 2.45) is 11.5 Å². The molecular formula is C33H38N6O4. The molecule has 1 aromatic heterocycles. The number of carbonyl (C=O) groups is 3. The molecule has 0 aliphatic carbocycles. The predicted molar refractivity (Wildman–Crippen MR) is 164 cm³/mol. The van der Waals surface area contributed by atoms with Gasteiger partial charge < -0.3 is 31.8 Å². The van der Waals surface area contributed by atoms with Crippen molar-refractivity contribution in [3.8, 4) is 0 Å². The number of carboxylic acid groups (broad SMARTS) is 1. The average molecular weight is 583 g/mol. The molecule has 0 radical (unpaired) electrons. The van der Waals surface area contributed by atoms with Gasteiger partial charge in [-0.2, -0.15) is 0 Å². The lowest BCUT2D eigenvalue weighted by molar-refractivity contribution is -0.156. The van der Waals surface area contributed by atoms with Crippen molar-refractivity contribution < 1.29 is 19.5 Å². The fraction of sp³-hybridized carbons (Fsp3) is 0.273. The number of hydrogen-bond acceptors (Lipinski definition) is 6. The number of unbranched alkanes of at least 4 members (excludes halogenated alkanes) is 1. The van der Waals surface area contributed by atoms with Crippen molar-refractivity contribution in [1.29, 1.82) is 0 Å². The van der Waals surface area contributed by atoms with E-state index in [0.717, 1.165) is 0 Å². The first-order valence-electron chi connectivity index (χ1n) is 14.3. The molecule has 0 aliphatic rings. The Balaban J connectivity index is 2.06. The van der Waals surface area contributed by atoms with Crippen molar-refractivity contribution in [2.75, 3.05) is 13.1 Å². The maximum Gasteiger partial charge on any atom is 0.326 e. The van der Waals surface area contributed by atoms with Gasteiger partial charge in [0, 0.05) is 18.3 Å². The molecule has 43 heavy (non-hydrogen) atoms. The number of benzene rings is 3. The molecule has 10 heteroatoms. The van der Waals surface area contributed by atoms with E-state index in [-0.39, 0.29) is 19.4 Å². The Hall–Kier alpha value is -4.80. The van der Waals surface area contributed by atoms with E-state index >= 15 is 4.79 Å². The standard InChI is InChI=1S/C33H38N6O4/c34-19-11-10-18-29(32(42)43)39(31(41)28(38-30(40)21-35)20-27-22-36-23-37-27)33(24-12-4-1-5-13-24,25-14-6-2-7-15-25)26-16-8-3-9-17-26/h1-9,12-17,22-23,28-29H,10-11,18-21,34-35H2,(H,36,37)(H,38,40)(H,42,43)/t28-,29-/m0/s1. The number of aromatic nitrogens is 2. The van der Waals surface area contributed by atoms with Gasteiger partial charge in [-0.3, -0.25) is 9.59 Å². The lowest BCUT2D eigenvalue weighted by atomic mass is 9.74. The zero-order valence-electron chi connectivity index (χ0n) is 23.9. The summed E-state index contributed by atoms with van der Waals surface area (Å²) in [5.41, 5.74) is 12.7. The second kappa shape index (κ2) is 14.9. The van der Waals surface area contributed by atoms with Crippen LogP contribution in [0.3, 0.4) is 0 Å². The van der Waals surface area contributed by atoms with Gasteiger partial charge in [-0.1, -0.05) is 91.0 Å². The summed E-state index contributed by atoms with van der Waals surface area (Å²) in [5.74, 6) is -2.28. The van der Waals surface area contributed by atoms with Gasteiger partial charge in [0.15, 0.2) is 0 Å². The van der Waals surface area contributed by atoms with E-state index in [9.17, 15) is 14.7 Å². The van der Waals surface area contributed by atoms with Gasteiger partial charge in [-0.25, -0.2) is 9.78 Å². The second-order valence-corrected chi connectivity index (χ2v) is 10.3. The van der Waals surface area contributed by atoms with Crippen LogP contribution in [0.25, 0.3) is 0 Å². The van der Waals surface area contributed by atoms with Crippen molar-refractivity contribution >= 4 is 17.8 Å². The first kappa shape index (κ1) is 31.1. The number of aliphatic carboxylic acids is 1. The summed E-state index contributed by atoms with van der Waals surface area (Å²) in [6.45, 7) is 0.0449. The second-order valence-electron chi connectivity index (χ2n) is 10.3. The van der Waals surface area contributed by atoms with Crippen LogP contribution in [-0.2, 0) is 26.3 Å². The summed E-state index contributed by atoms with van der Waals surface area (Å²) in [7, 11) is 0. The molecular weight excluding hydrogens is 544 g/mol. The van der Waals surface area contributed by atoms with E-state index < -0.39 is 35.4 Å². The first-order chi connectivity index (χ1) is 20.9. The molecule has 1 heterocycles. The van der Waals surface area contributed by atoms with Crippen molar-refractivity contribution in [3.63, 3.8) is 0 Å². The summed E-state index contributed by atoms with van der Waals surface area (Å²) < 4.78 is 0. The van der Waals surface area contributed by atoms with Crippen molar-refractivity contribution in [1.82, 2.24) is 20.2 Å². The highest BCUT2D eigenvalue weighted by Gasteiger charge is 2.51. The van der Waals surface area contributed by atoms with Crippen LogP contribution >= 0.6 is 0 Å². The molecule has 0 aliphatic heterocycles. The van der Waals surface area contributed by atoms with Gasteiger partial charge in [0.1, 0.15) is 17.6 Å². The molecule has 0 bridgehead atoms. The molecule has 4 aromatic rings. The van der Waals surface area contributed by atoms with E-state index in [1.807, 2.05) is 91.0 Å². The van der Waals surface area contributed by atoms with Crippen LogP contribution in [-0.4, -0.2) is 62.9 Å². The first-order valence-corrected chi connectivity index (χ1v) is 14.3. The number of amides is 2. The Kier molecular flexibility index (Phi) is 10.8. The summed E-state index contributed by atoms with van der Waals surface area (Å²) in [6, 6.07) is 25.7. The Labute approximate surface area is 251 Å². The normalized spacial score (nSPS) is 12.7. The number of H-pyrrole nitrogens is 1. The SMILES string of the molecule is NCCCC[C@@H](C(=O)O)N(C(=O)[C@H](Cc1cnc[nH]1)NC(=O)CN)C(c1ccccc1)(c1ccccc1)c1ccccc1. The van der Waals surface area contributed by atoms with Gasteiger partial charge in [-0.05, 0) is 42.5 Å². The monoisotopic (exact) mass is 582 g/mol. The van der Waals surface area contributed by atoms with Gasteiger partial charge in [-0.15, -0.1) is 0 Å². The van der Waals surface area contributed by atoms with Crippen LogP contribution < -0.4 is 16.8 Å². The molecule has 0 saturated heterocycles. The zero-order valence-corrected chi connectivity index (χ0v) is 23.9. The zero-order chi connectivity index (χ0) is 30.7. The molecule has 0 spiro atoms.